The number of primary amides is 1. The molecule has 5 rings (SSSR count). The number of amides is 1. The number of hydrogen-bond acceptors (Lipinski definition) is 7. The Kier molecular flexibility index (Phi) is 4.54. The molecular formula is C21H23N5O4S. The van der Waals surface area contributed by atoms with Gasteiger partial charge in [0.1, 0.15) is 18.4 Å². The van der Waals surface area contributed by atoms with Crippen LogP contribution in [0.3, 0.4) is 0 Å². The smallest absolute Gasteiger partial charge is 0.240 e. The van der Waals surface area contributed by atoms with Crippen LogP contribution in [0.5, 0.6) is 5.75 Å². The van der Waals surface area contributed by atoms with Crippen molar-refractivity contribution in [3.63, 3.8) is 0 Å². The van der Waals surface area contributed by atoms with Gasteiger partial charge in [-0.2, -0.15) is 0 Å². The average molecular weight is 442 g/mol. The lowest BCUT2D eigenvalue weighted by molar-refractivity contribution is -0.119. The number of H-pyrrole nitrogens is 1. The Labute approximate surface area is 179 Å². The van der Waals surface area contributed by atoms with E-state index in [2.05, 4.69) is 20.6 Å². The summed E-state index contributed by atoms with van der Waals surface area (Å²) in [7, 11) is -3.44. The molecule has 1 amide bonds. The number of sulfone groups is 1. The number of anilines is 2. The largest absolute Gasteiger partial charge is 0.491 e. The monoisotopic (exact) mass is 441 g/mol. The summed E-state index contributed by atoms with van der Waals surface area (Å²) < 4.78 is 29.9. The van der Waals surface area contributed by atoms with Gasteiger partial charge in [0, 0.05) is 36.3 Å². The minimum absolute atomic E-state index is 0.0111. The molecule has 2 aliphatic rings. The Morgan fingerprint density at radius 3 is 2.84 bits per heavy atom. The molecule has 1 aliphatic carbocycles. The summed E-state index contributed by atoms with van der Waals surface area (Å²) in [5, 5.41) is 7.53. The minimum atomic E-state index is -3.44. The van der Waals surface area contributed by atoms with Crippen LogP contribution in [-0.4, -0.2) is 49.7 Å². The van der Waals surface area contributed by atoms with E-state index in [4.69, 9.17) is 10.5 Å². The maximum atomic E-state index is 12.0. The lowest BCUT2D eigenvalue weighted by Gasteiger charge is -2.17. The molecule has 0 bridgehead atoms. The van der Waals surface area contributed by atoms with Crippen LogP contribution < -0.4 is 21.1 Å². The maximum Gasteiger partial charge on any atom is 0.240 e. The molecule has 3 aromatic rings. The van der Waals surface area contributed by atoms with Crippen LogP contribution in [0.1, 0.15) is 12.8 Å². The number of ether oxygens (including phenoxy) is 1. The van der Waals surface area contributed by atoms with Gasteiger partial charge in [-0.3, -0.25) is 4.79 Å². The average Bonchev–Trinajstić information content (AvgIpc) is 3.51. The zero-order valence-corrected chi connectivity index (χ0v) is 17.8. The number of hydrogen-bond donors (Lipinski definition) is 4. The van der Waals surface area contributed by atoms with E-state index in [0.717, 1.165) is 47.1 Å². The van der Waals surface area contributed by atoms with Gasteiger partial charge in [-0.05, 0) is 37.0 Å². The summed E-state index contributed by atoms with van der Waals surface area (Å²) in [4.78, 5) is 19.2. The zero-order valence-electron chi connectivity index (χ0n) is 16.9. The van der Waals surface area contributed by atoms with Crippen LogP contribution in [0.25, 0.3) is 22.2 Å². The predicted molar refractivity (Wildman–Crippen MR) is 118 cm³/mol. The number of pyridine rings is 1. The highest BCUT2D eigenvalue weighted by Crippen LogP contribution is 2.43. The van der Waals surface area contributed by atoms with Gasteiger partial charge in [0.05, 0.1) is 22.3 Å². The van der Waals surface area contributed by atoms with Crippen molar-refractivity contribution in [2.75, 3.05) is 30.0 Å². The third-order valence-electron chi connectivity index (χ3n) is 5.65. The number of carbonyl (C=O) groups is 1. The van der Waals surface area contributed by atoms with E-state index in [1.165, 1.54) is 6.20 Å². The summed E-state index contributed by atoms with van der Waals surface area (Å²) in [6.07, 6.45) is 4.59. The molecule has 162 valence electrons. The minimum Gasteiger partial charge on any atom is -0.491 e. The Morgan fingerprint density at radius 2 is 2.13 bits per heavy atom. The standard InChI is InChI=1S/C21H23N5O4S/c1-31(28,29)16-8-12(4-5-23-16)18-20-17-14(26-18)9-13(10-15(17)30-7-6-24-20)25-19(21(22)27)11-2-3-11/h4-5,8-11,19,24-26H,2-3,6-7H2,1H3,(H2,22,27)/t19-/m0/s1. The number of nitrogens with two attached hydrogens (primary N) is 1. The molecule has 0 saturated heterocycles. The Balaban J connectivity index is 1.63. The van der Waals surface area contributed by atoms with Crippen LogP contribution >= 0.6 is 0 Å². The Bertz CT molecular complexity index is 1300. The fourth-order valence-electron chi connectivity index (χ4n) is 4.02. The van der Waals surface area contributed by atoms with Gasteiger partial charge in [0.15, 0.2) is 14.9 Å². The van der Waals surface area contributed by atoms with E-state index >= 15 is 0 Å². The SMILES string of the molecule is CS(=O)(=O)c1cc(-c2[nH]c3cc(N[C@H](C(N)=O)C4CC4)cc4c3c2NCCO4)ccn1. The van der Waals surface area contributed by atoms with Crippen molar-refractivity contribution in [3.05, 3.63) is 30.5 Å². The molecule has 0 radical (unpaired) electrons. The molecular weight excluding hydrogens is 418 g/mol. The first kappa shape index (κ1) is 19.7. The molecule has 0 spiro atoms. The summed E-state index contributed by atoms with van der Waals surface area (Å²) in [5.41, 5.74) is 9.43. The first-order valence-electron chi connectivity index (χ1n) is 10.1. The molecule has 31 heavy (non-hydrogen) atoms. The lowest BCUT2D eigenvalue weighted by Crippen LogP contribution is -2.37. The summed E-state index contributed by atoms with van der Waals surface area (Å²) in [5.74, 6) is 0.573. The Hall–Kier alpha value is -3.27. The van der Waals surface area contributed by atoms with Gasteiger partial charge in [0.2, 0.25) is 5.91 Å². The van der Waals surface area contributed by atoms with Crippen molar-refractivity contribution in [1.29, 1.82) is 0 Å². The van der Waals surface area contributed by atoms with Gasteiger partial charge in [-0.25, -0.2) is 13.4 Å². The molecule has 9 nitrogen and oxygen atoms in total. The number of nitrogens with zero attached hydrogens (tertiary/aromatic N) is 1. The van der Waals surface area contributed by atoms with Gasteiger partial charge >= 0.3 is 0 Å². The number of aromatic nitrogens is 2. The number of carbonyl (C=O) groups excluding carboxylic acids is 1. The molecule has 1 atom stereocenters. The molecule has 10 heteroatoms. The predicted octanol–water partition coefficient (Wildman–Crippen LogP) is 2.11. The van der Waals surface area contributed by atoms with E-state index in [-0.39, 0.29) is 16.9 Å². The second-order valence-corrected chi connectivity index (χ2v) is 10.0. The summed E-state index contributed by atoms with van der Waals surface area (Å²) >= 11 is 0. The van der Waals surface area contributed by atoms with Gasteiger partial charge < -0.3 is 26.1 Å². The van der Waals surface area contributed by atoms with Crippen molar-refractivity contribution in [1.82, 2.24) is 9.97 Å². The van der Waals surface area contributed by atoms with Crippen molar-refractivity contribution in [3.8, 4) is 17.0 Å². The van der Waals surface area contributed by atoms with Crippen molar-refractivity contribution >= 4 is 38.0 Å². The highest BCUT2D eigenvalue weighted by atomic mass is 32.2. The number of nitrogens with one attached hydrogen (secondary N) is 3. The van der Waals surface area contributed by atoms with Crippen LogP contribution in [0.4, 0.5) is 11.4 Å². The highest BCUT2D eigenvalue weighted by Gasteiger charge is 2.35. The summed E-state index contributed by atoms with van der Waals surface area (Å²) in [6, 6.07) is 6.69. The maximum absolute atomic E-state index is 12.0. The van der Waals surface area contributed by atoms with Crippen LogP contribution in [0.2, 0.25) is 0 Å². The summed E-state index contributed by atoms with van der Waals surface area (Å²) in [6.45, 7) is 1.06. The first-order chi connectivity index (χ1) is 14.8. The third-order valence-corrected chi connectivity index (χ3v) is 6.63. The molecule has 1 aromatic carbocycles. The van der Waals surface area contributed by atoms with Gasteiger partial charge in [0.25, 0.3) is 0 Å². The van der Waals surface area contributed by atoms with Crippen LogP contribution in [-0.2, 0) is 14.6 Å². The first-order valence-corrected chi connectivity index (χ1v) is 12.0. The molecule has 1 fully saturated rings. The van der Waals surface area contributed by atoms with E-state index in [0.29, 0.717) is 24.5 Å². The molecule has 3 heterocycles. The third kappa shape index (κ3) is 3.67. The highest BCUT2D eigenvalue weighted by molar-refractivity contribution is 7.90. The van der Waals surface area contributed by atoms with E-state index in [1.54, 1.807) is 12.1 Å². The number of aromatic amines is 1. The van der Waals surface area contributed by atoms with Crippen molar-refractivity contribution < 1.29 is 17.9 Å². The van der Waals surface area contributed by atoms with Gasteiger partial charge in [-0.1, -0.05) is 0 Å². The van der Waals surface area contributed by atoms with Crippen LogP contribution in [0.15, 0.2) is 35.5 Å². The topological polar surface area (TPSA) is 139 Å². The fourth-order valence-corrected chi connectivity index (χ4v) is 4.61. The second kappa shape index (κ2) is 7.16. The van der Waals surface area contributed by atoms with E-state index in [9.17, 15) is 13.2 Å². The molecule has 0 unspecified atom stereocenters. The van der Waals surface area contributed by atoms with Crippen molar-refractivity contribution in [2.24, 2.45) is 11.7 Å². The normalized spacial score (nSPS) is 16.8. The van der Waals surface area contributed by atoms with E-state index < -0.39 is 15.9 Å². The van der Waals surface area contributed by atoms with Crippen molar-refractivity contribution in [2.45, 2.75) is 23.9 Å². The van der Waals surface area contributed by atoms with E-state index in [1.807, 2.05) is 12.1 Å². The second-order valence-electron chi connectivity index (χ2n) is 8.06. The lowest BCUT2D eigenvalue weighted by atomic mass is 10.1. The molecule has 2 aromatic heterocycles. The van der Waals surface area contributed by atoms with Crippen LogP contribution in [0, 0.1) is 5.92 Å². The zero-order chi connectivity index (χ0) is 21.8. The molecule has 1 aliphatic heterocycles. The Morgan fingerprint density at radius 1 is 1.32 bits per heavy atom. The molecule has 5 N–H and O–H groups in total. The quantitative estimate of drug-likeness (QED) is 0.459. The number of benzene rings is 1. The van der Waals surface area contributed by atoms with Gasteiger partial charge in [-0.15, -0.1) is 0 Å². The number of rotatable bonds is 6. The fraction of sp³-hybridized carbons (Fsp3) is 0.333. The molecule has 1 saturated carbocycles.